The van der Waals surface area contributed by atoms with Gasteiger partial charge in [0.15, 0.2) is 6.61 Å². The molecule has 0 unspecified atom stereocenters. The maximum absolute atomic E-state index is 12.1. The van der Waals surface area contributed by atoms with E-state index in [0.717, 1.165) is 10.5 Å². The summed E-state index contributed by atoms with van der Waals surface area (Å²) in [7, 11) is 0. The molecule has 154 valence electrons. The molecule has 0 heterocycles. The van der Waals surface area contributed by atoms with Crippen LogP contribution in [0.1, 0.15) is 29.8 Å². The first kappa shape index (κ1) is 22.3. The third-order valence-electron chi connectivity index (χ3n) is 3.78. The van der Waals surface area contributed by atoms with Gasteiger partial charge in [-0.3, -0.25) is 4.79 Å². The fourth-order valence-electron chi connectivity index (χ4n) is 2.40. The zero-order valence-corrected chi connectivity index (χ0v) is 17.5. The monoisotopic (exact) mass is 415 g/mol. The van der Waals surface area contributed by atoms with Crippen molar-refractivity contribution in [3.63, 3.8) is 0 Å². The lowest BCUT2D eigenvalue weighted by Crippen LogP contribution is -2.39. The van der Waals surface area contributed by atoms with E-state index in [1.165, 1.54) is 11.8 Å². The lowest BCUT2D eigenvalue weighted by molar-refractivity contribution is -0.119. The van der Waals surface area contributed by atoms with E-state index in [9.17, 15) is 14.4 Å². The van der Waals surface area contributed by atoms with Crippen LogP contribution < -0.4 is 16.0 Å². The van der Waals surface area contributed by atoms with Crippen LogP contribution in [-0.4, -0.2) is 36.8 Å². The van der Waals surface area contributed by atoms with Gasteiger partial charge in [0.25, 0.3) is 5.91 Å². The van der Waals surface area contributed by atoms with Crippen molar-refractivity contribution >= 4 is 35.4 Å². The van der Waals surface area contributed by atoms with Crippen molar-refractivity contribution in [2.75, 3.05) is 18.2 Å². The van der Waals surface area contributed by atoms with E-state index in [0.29, 0.717) is 17.8 Å². The number of ether oxygens (including phenoxy) is 1. The Morgan fingerprint density at radius 3 is 2.38 bits per heavy atom. The Morgan fingerprint density at radius 2 is 1.72 bits per heavy atom. The summed E-state index contributed by atoms with van der Waals surface area (Å²) >= 11 is 1.52. The topological polar surface area (TPSA) is 96.5 Å². The molecule has 2 rings (SSSR count). The zero-order valence-electron chi connectivity index (χ0n) is 16.7. The molecule has 0 saturated carbocycles. The third kappa shape index (κ3) is 7.50. The fraction of sp³-hybridized carbons (Fsp3) is 0.286. The number of esters is 1. The van der Waals surface area contributed by atoms with Crippen molar-refractivity contribution < 1.29 is 19.1 Å². The summed E-state index contributed by atoms with van der Waals surface area (Å²) in [6.45, 7) is 3.72. The van der Waals surface area contributed by atoms with Crippen molar-refractivity contribution in [3.05, 3.63) is 59.7 Å². The van der Waals surface area contributed by atoms with Crippen LogP contribution >= 0.6 is 11.8 Å². The molecule has 0 aliphatic heterocycles. The van der Waals surface area contributed by atoms with Crippen molar-refractivity contribution in [3.8, 4) is 0 Å². The van der Waals surface area contributed by atoms with Crippen LogP contribution in [-0.2, 0) is 16.1 Å². The van der Waals surface area contributed by atoms with Crippen LogP contribution in [0.15, 0.2) is 53.4 Å². The van der Waals surface area contributed by atoms with Crippen LogP contribution in [0.3, 0.4) is 0 Å². The van der Waals surface area contributed by atoms with E-state index in [-0.39, 0.29) is 18.7 Å². The van der Waals surface area contributed by atoms with Gasteiger partial charge in [0.05, 0.1) is 11.3 Å². The van der Waals surface area contributed by atoms with Crippen molar-refractivity contribution in [1.29, 1.82) is 0 Å². The molecule has 0 aliphatic carbocycles. The Hall–Kier alpha value is -3.00. The molecule has 0 spiro atoms. The van der Waals surface area contributed by atoms with Crippen LogP contribution in [0.25, 0.3) is 0 Å². The van der Waals surface area contributed by atoms with E-state index in [2.05, 4.69) is 16.0 Å². The van der Waals surface area contributed by atoms with E-state index >= 15 is 0 Å². The molecule has 7 nitrogen and oxygen atoms in total. The predicted molar refractivity (Wildman–Crippen MR) is 114 cm³/mol. The minimum atomic E-state index is -0.588. The highest BCUT2D eigenvalue weighted by Crippen LogP contribution is 2.24. The SMILES string of the molecule is CSc1ccccc1NC(=O)COC(=O)c1ccc(CNC(=O)NC(C)C)cc1. The number of rotatable bonds is 8. The molecule has 0 aliphatic rings. The second kappa shape index (κ2) is 11.1. The molecule has 0 radical (unpaired) electrons. The van der Waals surface area contributed by atoms with Gasteiger partial charge in [-0.2, -0.15) is 0 Å². The minimum Gasteiger partial charge on any atom is -0.452 e. The molecule has 0 fully saturated rings. The molecule has 8 heteroatoms. The van der Waals surface area contributed by atoms with Gasteiger partial charge in [0.2, 0.25) is 0 Å². The van der Waals surface area contributed by atoms with Crippen molar-refractivity contribution in [1.82, 2.24) is 10.6 Å². The molecule has 3 amide bonds. The molecule has 2 aromatic rings. The first-order valence-corrected chi connectivity index (χ1v) is 10.3. The Labute approximate surface area is 174 Å². The number of carbonyl (C=O) groups excluding carboxylic acids is 3. The highest BCUT2D eigenvalue weighted by molar-refractivity contribution is 7.98. The van der Waals surface area contributed by atoms with Crippen molar-refractivity contribution in [2.24, 2.45) is 0 Å². The van der Waals surface area contributed by atoms with Crippen LogP contribution in [0.4, 0.5) is 10.5 Å². The van der Waals surface area contributed by atoms with Gasteiger partial charge in [-0.1, -0.05) is 24.3 Å². The average Bonchev–Trinajstić information content (AvgIpc) is 2.71. The number of para-hydroxylation sites is 1. The van der Waals surface area contributed by atoms with E-state index in [1.807, 2.05) is 38.3 Å². The number of thioether (sulfide) groups is 1. The van der Waals surface area contributed by atoms with E-state index < -0.39 is 11.9 Å². The van der Waals surface area contributed by atoms with Gasteiger partial charge in [0.1, 0.15) is 0 Å². The first-order valence-electron chi connectivity index (χ1n) is 9.12. The predicted octanol–water partition coefficient (Wildman–Crippen LogP) is 3.41. The maximum atomic E-state index is 12.1. The summed E-state index contributed by atoms with van der Waals surface area (Å²) in [4.78, 5) is 36.7. The maximum Gasteiger partial charge on any atom is 0.338 e. The Morgan fingerprint density at radius 1 is 1.03 bits per heavy atom. The molecular weight excluding hydrogens is 390 g/mol. The average molecular weight is 416 g/mol. The summed E-state index contributed by atoms with van der Waals surface area (Å²) in [5.41, 5.74) is 1.85. The second-order valence-electron chi connectivity index (χ2n) is 6.50. The summed E-state index contributed by atoms with van der Waals surface area (Å²) < 4.78 is 5.08. The highest BCUT2D eigenvalue weighted by atomic mass is 32.2. The van der Waals surface area contributed by atoms with Gasteiger partial charge < -0.3 is 20.7 Å². The molecule has 0 aromatic heterocycles. The largest absolute Gasteiger partial charge is 0.452 e. The van der Waals surface area contributed by atoms with E-state index in [4.69, 9.17) is 4.74 Å². The second-order valence-corrected chi connectivity index (χ2v) is 7.35. The molecule has 0 bridgehead atoms. The van der Waals surface area contributed by atoms with Gasteiger partial charge >= 0.3 is 12.0 Å². The normalized spacial score (nSPS) is 10.3. The standard InChI is InChI=1S/C21H25N3O4S/c1-14(2)23-21(27)22-12-15-8-10-16(11-9-15)20(26)28-13-19(25)24-17-6-4-5-7-18(17)29-3/h4-11,14H,12-13H2,1-3H3,(H,24,25)(H2,22,23,27). The summed E-state index contributed by atoms with van der Waals surface area (Å²) in [6, 6.07) is 13.8. The number of benzene rings is 2. The van der Waals surface area contributed by atoms with Gasteiger partial charge in [-0.25, -0.2) is 9.59 Å². The molecule has 0 saturated heterocycles. The number of hydrogen-bond acceptors (Lipinski definition) is 5. The highest BCUT2D eigenvalue weighted by Gasteiger charge is 2.12. The first-order chi connectivity index (χ1) is 13.9. The molecular formula is C21H25N3O4S. The Balaban J connectivity index is 1.81. The summed E-state index contributed by atoms with van der Waals surface area (Å²) in [5.74, 6) is -0.993. The smallest absolute Gasteiger partial charge is 0.338 e. The van der Waals surface area contributed by atoms with Gasteiger partial charge in [0, 0.05) is 17.5 Å². The van der Waals surface area contributed by atoms with Crippen LogP contribution in [0.5, 0.6) is 0 Å². The van der Waals surface area contributed by atoms with E-state index in [1.54, 1.807) is 30.3 Å². The lowest BCUT2D eigenvalue weighted by Gasteiger charge is -2.11. The number of hydrogen-bond donors (Lipinski definition) is 3. The summed E-state index contributed by atoms with van der Waals surface area (Å²) in [5, 5.41) is 8.20. The number of anilines is 1. The van der Waals surface area contributed by atoms with Crippen LogP contribution in [0, 0.1) is 0 Å². The Bertz CT molecular complexity index is 853. The lowest BCUT2D eigenvalue weighted by atomic mass is 10.1. The number of urea groups is 1. The molecule has 3 N–H and O–H groups in total. The third-order valence-corrected chi connectivity index (χ3v) is 4.57. The number of amides is 3. The minimum absolute atomic E-state index is 0.0542. The molecule has 0 atom stereocenters. The number of nitrogens with one attached hydrogen (secondary N) is 3. The number of carbonyl (C=O) groups is 3. The van der Waals surface area contributed by atoms with Crippen molar-refractivity contribution in [2.45, 2.75) is 31.3 Å². The fourth-order valence-corrected chi connectivity index (χ4v) is 2.96. The zero-order chi connectivity index (χ0) is 21.2. The summed E-state index contributed by atoms with van der Waals surface area (Å²) in [6.07, 6.45) is 1.92. The quantitative estimate of drug-likeness (QED) is 0.454. The Kier molecular flexibility index (Phi) is 8.54. The molecule has 29 heavy (non-hydrogen) atoms. The van der Waals surface area contributed by atoms with Gasteiger partial charge in [-0.15, -0.1) is 11.8 Å². The molecule has 2 aromatic carbocycles. The van der Waals surface area contributed by atoms with Gasteiger partial charge in [-0.05, 0) is 49.9 Å². The van der Waals surface area contributed by atoms with Crippen LogP contribution in [0.2, 0.25) is 0 Å².